The zero-order valence-electron chi connectivity index (χ0n) is 11.7. The van der Waals surface area contributed by atoms with Gasteiger partial charge in [0.1, 0.15) is 5.82 Å². The average Bonchev–Trinajstić information content (AvgIpc) is 2.90. The maximum Gasteiger partial charge on any atom is 0.239 e. The van der Waals surface area contributed by atoms with Gasteiger partial charge in [-0.2, -0.15) is 4.98 Å². The topological polar surface area (TPSA) is 51.4 Å². The molecule has 0 radical (unpaired) electrons. The summed E-state index contributed by atoms with van der Waals surface area (Å²) in [5.74, 6) is 1.46. The largest absolute Gasteiger partial charge is 0.476 e. The number of hydrogen-bond acceptors (Lipinski definition) is 4. The highest BCUT2D eigenvalue weighted by molar-refractivity contribution is 5.56. The van der Waals surface area contributed by atoms with Crippen molar-refractivity contribution in [2.45, 2.75) is 26.4 Å². The molecule has 1 aliphatic rings. The minimum Gasteiger partial charge on any atom is -0.476 e. The number of benzene rings is 1. The number of fused-ring (bicyclic) bond motifs is 1. The lowest BCUT2D eigenvalue weighted by Gasteiger charge is -2.18. The van der Waals surface area contributed by atoms with Crippen LogP contribution in [0, 0.1) is 0 Å². The van der Waals surface area contributed by atoms with E-state index >= 15 is 0 Å². The molecule has 0 spiro atoms. The lowest BCUT2D eigenvalue weighted by atomic mass is 10.1. The Hall–Kier alpha value is -2.23. The Morgan fingerprint density at radius 2 is 1.85 bits per heavy atom. The summed E-state index contributed by atoms with van der Waals surface area (Å²) in [5.41, 5.74) is 9.23. The van der Waals surface area contributed by atoms with E-state index in [-0.39, 0.29) is 0 Å². The van der Waals surface area contributed by atoms with Gasteiger partial charge in [0.15, 0.2) is 0 Å². The highest BCUT2D eigenvalue weighted by Gasteiger charge is 2.20. The number of pyridine rings is 1. The first kappa shape index (κ1) is 12.8. The summed E-state index contributed by atoms with van der Waals surface area (Å²) in [6, 6.07) is 12.3. The summed E-state index contributed by atoms with van der Waals surface area (Å²) in [7, 11) is 0. The van der Waals surface area contributed by atoms with Crippen LogP contribution >= 0.6 is 0 Å². The molecule has 4 heteroatoms. The van der Waals surface area contributed by atoms with Gasteiger partial charge in [0.25, 0.3) is 0 Å². The molecule has 0 aliphatic carbocycles. The van der Waals surface area contributed by atoms with Crippen LogP contribution in [0.1, 0.15) is 24.5 Å². The van der Waals surface area contributed by atoms with Gasteiger partial charge in [-0.05, 0) is 29.7 Å². The quantitative estimate of drug-likeness (QED) is 0.927. The molecule has 0 saturated carbocycles. The van der Waals surface area contributed by atoms with Gasteiger partial charge in [0.2, 0.25) is 5.88 Å². The highest BCUT2D eigenvalue weighted by atomic mass is 16.5. The van der Waals surface area contributed by atoms with Gasteiger partial charge in [-0.15, -0.1) is 0 Å². The molecule has 2 aromatic rings. The van der Waals surface area contributed by atoms with Gasteiger partial charge in [-0.1, -0.05) is 31.2 Å². The van der Waals surface area contributed by atoms with Crippen molar-refractivity contribution in [2.75, 3.05) is 17.2 Å². The molecular weight excluding hydrogens is 250 g/mol. The zero-order chi connectivity index (χ0) is 13.9. The van der Waals surface area contributed by atoms with Gasteiger partial charge in [-0.3, -0.25) is 0 Å². The Morgan fingerprint density at radius 3 is 2.50 bits per heavy atom. The SMILES string of the molecule is CCCOc1nc(N2Cc3ccccc3C2)ccc1N. The fourth-order valence-corrected chi connectivity index (χ4v) is 2.43. The maximum absolute atomic E-state index is 5.91. The van der Waals surface area contributed by atoms with E-state index in [4.69, 9.17) is 10.5 Å². The molecule has 0 amide bonds. The van der Waals surface area contributed by atoms with E-state index in [9.17, 15) is 0 Å². The van der Waals surface area contributed by atoms with E-state index in [0.29, 0.717) is 18.2 Å². The summed E-state index contributed by atoms with van der Waals surface area (Å²) in [6.45, 7) is 4.48. The number of nitrogens with two attached hydrogens (primary N) is 1. The van der Waals surface area contributed by atoms with Crippen LogP contribution in [0.25, 0.3) is 0 Å². The van der Waals surface area contributed by atoms with Crippen LogP contribution in [0.3, 0.4) is 0 Å². The third-order valence-corrected chi connectivity index (χ3v) is 3.48. The van der Waals surface area contributed by atoms with Crippen molar-refractivity contribution in [3.8, 4) is 5.88 Å². The van der Waals surface area contributed by atoms with Gasteiger partial charge >= 0.3 is 0 Å². The van der Waals surface area contributed by atoms with Crippen molar-refractivity contribution in [3.63, 3.8) is 0 Å². The van der Waals surface area contributed by atoms with E-state index in [1.165, 1.54) is 11.1 Å². The Morgan fingerprint density at radius 1 is 1.15 bits per heavy atom. The van der Waals surface area contributed by atoms with Crippen molar-refractivity contribution in [1.82, 2.24) is 4.98 Å². The second kappa shape index (κ2) is 5.41. The van der Waals surface area contributed by atoms with Crippen molar-refractivity contribution in [2.24, 2.45) is 0 Å². The molecule has 0 atom stereocenters. The average molecular weight is 269 g/mol. The summed E-state index contributed by atoms with van der Waals surface area (Å²) in [5, 5.41) is 0. The van der Waals surface area contributed by atoms with Gasteiger partial charge in [0, 0.05) is 13.1 Å². The molecule has 2 N–H and O–H groups in total. The molecule has 1 aliphatic heterocycles. The van der Waals surface area contributed by atoms with Crippen LogP contribution in [0.2, 0.25) is 0 Å². The van der Waals surface area contributed by atoms with Crippen LogP contribution in [-0.2, 0) is 13.1 Å². The molecule has 3 rings (SSSR count). The van der Waals surface area contributed by atoms with Gasteiger partial charge in [-0.25, -0.2) is 0 Å². The van der Waals surface area contributed by atoms with Crippen LogP contribution in [0.5, 0.6) is 5.88 Å². The minimum atomic E-state index is 0.542. The molecule has 1 aromatic heterocycles. The highest BCUT2D eigenvalue weighted by Crippen LogP contribution is 2.29. The number of anilines is 2. The standard InChI is InChI=1S/C16H19N3O/c1-2-9-20-16-14(17)7-8-15(18-16)19-10-12-5-3-4-6-13(12)11-19/h3-8H,2,9-11,17H2,1H3. The van der Waals surface area contributed by atoms with Crippen molar-refractivity contribution >= 4 is 11.5 Å². The first-order valence-electron chi connectivity index (χ1n) is 6.99. The number of rotatable bonds is 4. The first-order valence-corrected chi connectivity index (χ1v) is 6.99. The zero-order valence-corrected chi connectivity index (χ0v) is 11.7. The molecule has 0 fully saturated rings. The number of ether oxygens (including phenoxy) is 1. The van der Waals surface area contributed by atoms with Gasteiger partial charge < -0.3 is 15.4 Å². The molecule has 0 unspecified atom stereocenters. The maximum atomic E-state index is 5.91. The lowest BCUT2D eigenvalue weighted by molar-refractivity contribution is 0.307. The van der Waals surface area contributed by atoms with Crippen molar-refractivity contribution in [1.29, 1.82) is 0 Å². The fraction of sp³-hybridized carbons (Fsp3) is 0.312. The minimum absolute atomic E-state index is 0.542. The molecule has 0 saturated heterocycles. The van der Waals surface area contributed by atoms with E-state index in [2.05, 4.69) is 41.1 Å². The van der Waals surface area contributed by atoms with Gasteiger partial charge in [0.05, 0.1) is 12.3 Å². The molecule has 20 heavy (non-hydrogen) atoms. The van der Waals surface area contributed by atoms with E-state index in [1.54, 1.807) is 0 Å². The summed E-state index contributed by atoms with van der Waals surface area (Å²) in [6.07, 6.45) is 0.945. The summed E-state index contributed by atoms with van der Waals surface area (Å²) >= 11 is 0. The van der Waals surface area contributed by atoms with Crippen molar-refractivity contribution < 1.29 is 4.74 Å². The van der Waals surface area contributed by atoms with Crippen LogP contribution in [0.15, 0.2) is 36.4 Å². The molecule has 1 aromatic carbocycles. The van der Waals surface area contributed by atoms with E-state index in [1.807, 2.05) is 12.1 Å². The van der Waals surface area contributed by atoms with Crippen LogP contribution in [0.4, 0.5) is 11.5 Å². The van der Waals surface area contributed by atoms with Crippen LogP contribution < -0.4 is 15.4 Å². The van der Waals surface area contributed by atoms with E-state index < -0.39 is 0 Å². The third-order valence-electron chi connectivity index (χ3n) is 3.48. The fourth-order valence-electron chi connectivity index (χ4n) is 2.43. The first-order chi connectivity index (χ1) is 9.78. The number of nitrogens with zero attached hydrogens (tertiary/aromatic N) is 2. The smallest absolute Gasteiger partial charge is 0.239 e. The van der Waals surface area contributed by atoms with Crippen molar-refractivity contribution in [3.05, 3.63) is 47.5 Å². The molecular formula is C16H19N3O. The van der Waals surface area contributed by atoms with Crippen LogP contribution in [-0.4, -0.2) is 11.6 Å². The normalized spacial score (nSPS) is 13.3. The Labute approximate surface area is 119 Å². The summed E-state index contributed by atoms with van der Waals surface area (Å²) in [4.78, 5) is 6.79. The molecule has 104 valence electrons. The number of hydrogen-bond donors (Lipinski definition) is 1. The number of nitrogen functional groups attached to an aromatic ring is 1. The Kier molecular flexibility index (Phi) is 3.46. The second-order valence-corrected chi connectivity index (χ2v) is 5.04. The Balaban J connectivity index is 1.82. The molecule has 4 nitrogen and oxygen atoms in total. The third kappa shape index (κ3) is 2.41. The molecule has 0 bridgehead atoms. The monoisotopic (exact) mass is 269 g/mol. The predicted octanol–water partition coefficient (Wildman–Crippen LogP) is 2.97. The lowest BCUT2D eigenvalue weighted by Crippen LogP contribution is -2.16. The van der Waals surface area contributed by atoms with E-state index in [0.717, 1.165) is 25.3 Å². The summed E-state index contributed by atoms with van der Waals surface area (Å²) < 4.78 is 5.60. The number of aromatic nitrogens is 1. The molecule has 2 heterocycles. The second-order valence-electron chi connectivity index (χ2n) is 5.04. The predicted molar refractivity (Wildman–Crippen MR) is 80.8 cm³/mol. The Bertz CT molecular complexity index is 587.